The average molecular weight is 230 g/mol. The maximum atomic E-state index is 11.5. The Hall–Kier alpha value is -0.658. The first-order chi connectivity index (χ1) is 6.40. The third-order valence-corrected chi connectivity index (χ3v) is 2.51. The lowest BCUT2D eigenvalue weighted by atomic mass is 9.79. The van der Waals surface area contributed by atoms with Crippen LogP contribution in [0, 0.1) is 5.41 Å². The first kappa shape index (κ1) is 16.8. The zero-order chi connectivity index (χ0) is 11.4. The van der Waals surface area contributed by atoms with E-state index in [0.29, 0.717) is 12.8 Å². The summed E-state index contributed by atoms with van der Waals surface area (Å²) >= 11 is 0. The Labute approximate surface area is 100 Å². The fourth-order valence-electron chi connectivity index (χ4n) is 1.41. The first-order valence-corrected chi connectivity index (χ1v) is 4.64. The van der Waals surface area contributed by atoms with Gasteiger partial charge in [0.1, 0.15) is 11.2 Å². The van der Waals surface area contributed by atoms with Crippen LogP contribution in [0.4, 0.5) is 0 Å². The van der Waals surface area contributed by atoms with Gasteiger partial charge in [-0.2, -0.15) is 0 Å². The standard InChI is InChI=1S/C10H16O4.Al.3H/c1-5-10(6-2,7(3)11)9(13)14-8(4)12;;;;/h5-6H2,1-4H3;;;;. The van der Waals surface area contributed by atoms with E-state index in [4.69, 9.17) is 0 Å². The fraction of sp³-hybridized carbons (Fsp3) is 0.700. The average Bonchev–Trinajstić information content (AvgIpc) is 2.05. The molecule has 0 N–H and O–H groups in total. The normalized spacial score (nSPS) is 10.1. The molecule has 0 rings (SSSR count). The Morgan fingerprint density at radius 2 is 1.47 bits per heavy atom. The number of rotatable bonds is 4. The van der Waals surface area contributed by atoms with Gasteiger partial charge in [0.05, 0.1) is 0 Å². The fourth-order valence-corrected chi connectivity index (χ4v) is 1.41. The molecular formula is C10H19AlO4. The lowest BCUT2D eigenvalue weighted by molar-refractivity contribution is -0.168. The minimum absolute atomic E-state index is 0. The van der Waals surface area contributed by atoms with Crippen LogP contribution in [0.3, 0.4) is 0 Å². The number of hydrogen-bond acceptors (Lipinski definition) is 4. The van der Waals surface area contributed by atoms with Crippen LogP contribution in [-0.2, 0) is 19.1 Å². The number of esters is 2. The van der Waals surface area contributed by atoms with Crippen molar-refractivity contribution in [2.45, 2.75) is 40.5 Å². The number of ketones is 1. The highest BCUT2D eigenvalue weighted by Crippen LogP contribution is 2.29. The Morgan fingerprint density at radius 1 is 1.07 bits per heavy atom. The molecule has 0 atom stereocenters. The number of Topliss-reactive ketones (excluding diaryl/α,β-unsaturated/α-hetero) is 1. The maximum absolute atomic E-state index is 11.5. The van der Waals surface area contributed by atoms with E-state index < -0.39 is 17.4 Å². The predicted octanol–water partition coefficient (Wildman–Crippen LogP) is 0.288. The van der Waals surface area contributed by atoms with E-state index in [0.717, 1.165) is 6.92 Å². The van der Waals surface area contributed by atoms with Crippen LogP contribution in [0.5, 0.6) is 0 Å². The van der Waals surface area contributed by atoms with Crippen molar-refractivity contribution in [3.63, 3.8) is 0 Å². The summed E-state index contributed by atoms with van der Waals surface area (Å²) in [6, 6.07) is 0. The first-order valence-electron chi connectivity index (χ1n) is 4.64. The van der Waals surface area contributed by atoms with Gasteiger partial charge < -0.3 is 4.74 Å². The van der Waals surface area contributed by atoms with E-state index >= 15 is 0 Å². The molecule has 0 bridgehead atoms. The van der Waals surface area contributed by atoms with Gasteiger partial charge in [0.15, 0.2) is 17.4 Å². The molecule has 0 radical (unpaired) electrons. The van der Waals surface area contributed by atoms with Crippen molar-refractivity contribution >= 4 is 35.1 Å². The second-order valence-corrected chi connectivity index (χ2v) is 3.23. The summed E-state index contributed by atoms with van der Waals surface area (Å²) < 4.78 is 4.46. The highest BCUT2D eigenvalue weighted by atomic mass is 27.0. The maximum Gasteiger partial charge on any atom is 0.327 e. The molecular weight excluding hydrogens is 211 g/mol. The van der Waals surface area contributed by atoms with Crippen molar-refractivity contribution in [2.75, 3.05) is 0 Å². The molecule has 0 heterocycles. The Bertz CT molecular complexity index is 256. The van der Waals surface area contributed by atoms with Crippen molar-refractivity contribution in [3.05, 3.63) is 0 Å². The van der Waals surface area contributed by atoms with Crippen molar-refractivity contribution in [3.8, 4) is 0 Å². The Kier molecular flexibility index (Phi) is 7.55. The Balaban J connectivity index is 0. The molecule has 0 aromatic heterocycles. The highest BCUT2D eigenvalue weighted by molar-refractivity contribution is 6.05. The van der Waals surface area contributed by atoms with Gasteiger partial charge in [0.2, 0.25) is 0 Å². The molecule has 0 aliphatic carbocycles. The van der Waals surface area contributed by atoms with Crippen molar-refractivity contribution in [1.29, 1.82) is 0 Å². The summed E-state index contributed by atoms with van der Waals surface area (Å²) in [6.07, 6.45) is 0.704. The van der Waals surface area contributed by atoms with Gasteiger partial charge in [-0.1, -0.05) is 13.8 Å². The van der Waals surface area contributed by atoms with E-state index in [2.05, 4.69) is 4.74 Å². The van der Waals surface area contributed by atoms with Crippen LogP contribution in [0.15, 0.2) is 0 Å². The molecule has 0 spiro atoms. The zero-order valence-corrected chi connectivity index (χ0v) is 9.05. The molecule has 0 saturated carbocycles. The van der Waals surface area contributed by atoms with Gasteiger partial charge in [-0.3, -0.25) is 14.4 Å². The zero-order valence-electron chi connectivity index (χ0n) is 9.05. The van der Waals surface area contributed by atoms with Crippen LogP contribution in [0.2, 0.25) is 0 Å². The Morgan fingerprint density at radius 3 is 1.67 bits per heavy atom. The molecule has 0 aliphatic heterocycles. The lowest BCUT2D eigenvalue weighted by Crippen LogP contribution is -2.39. The molecule has 15 heavy (non-hydrogen) atoms. The summed E-state index contributed by atoms with van der Waals surface area (Å²) in [5.74, 6) is -1.67. The van der Waals surface area contributed by atoms with Crippen LogP contribution in [0.1, 0.15) is 40.5 Å². The second-order valence-electron chi connectivity index (χ2n) is 3.23. The molecule has 0 aromatic carbocycles. The summed E-state index contributed by atoms with van der Waals surface area (Å²) in [6.45, 7) is 5.95. The summed E-state index contributed by atoms with van der Waals surface area (Å²) in [5, 5.41) is 0. The number of hydrogen-bond donors (Lipinski definition) is 0. The lowest BCUT2D eigenvalue weighted by Gasteiger charge is -2.24. The third kappa shape index (κ3) is 3.77. The SMILES string of the molecule is CCC(CC)(C(C)=O)C(=O)OC(C)=O.[AlH3]. The van der Waals surface area contributed by atoms with Crippen LogP contribution >= 0.6 is 0 Å². The molecule has 0 aliphatic rings. The number of ether oxygens (including phenoxy) is 1. The largest absolute Gasteiger partial charge is 0.393 e. The van der Waals surface area contributed by atoms with E-state index in [1.807, 2.05) is 0 Å². The quantitative estimate of drug-likeness (QED) is 0.395. The van der Waals surface area contributed by atoms with Crippen LogP contribution < -0.4 is 0 Å². The summed E-state index contributed by atoms with van der Waals surface area (Å²) in [7, 11) is 0. The van der Waals surface area contributed by atoms with Crippen LogP contribution in [-0.4, -0.2) is 35.1 Å². The van der Waals surface area contributed by atoms with Gasteiger partial charge in [-0.05, 0) is 19.8 Å². The van der Waals surface area contributed by atoms with E-state index in [-0.39, 0.29) is 23.1 Å². The minimum Gasteiger partial charge on any atom is -0.393 e. The molecule has 4 nitrogen and oxygen atoms in total. The molecule has 5 heteroatoms. The molecule has 0 unspecified atom stereocenters. The molecule has 86 valence electrons. The number of carbonyl (C=O) groups is 3. The second kappa shape index (κ2) is 6.76. The van der Waals surface area contributed by atoms with Crippen LogP contribution in [0.25, 0.3) is 0 Å². The van der Waals surface area contributed by atoms with Gasteiger partial charge >= 0.3 is 11.9 Å². The van der Waals surface area contributed by atoms with Gasteiger partial charge in [0, 0.05) is 6.92 Å². The van der Waals surface area contributed by atoms with E-state index in [9.17, 15) is 14.4 Å². The summed E-state index contributed by atoms with van der Waals surface area (Å²) in [5.41, 5.74) is -1.15. The van der Waals surface area contributed by atoms with E-state index in [1.54, 1.807) is 13.8 Å². The minimum atomic E-state index is -1.15. The highest BCUT2D eigenvalue weighted by Gasteiger charge is 2.42. The molecule has 0 saturated heterocycles. The molecule has 0 amide bonds. The predicted molar refractivity (Wildman–Crippen MR) is 60.4 cm³/mol. The van der Waals surface area contributed by atoms with Crippen molar-refractivity contribution in [2.24, 2.45) is 5.41 Å². The van der Waals surface area contributed by atoms with Gasteiger partial charge in [-0.25, -0.2) is 0 Å². The number of carbonyl (C=O) groups excluding carboxylic acids is 3. The topological polar surface area (TPSA) is 60.4 Å². The van der Waals surface area contributed by atoms with Gasteiger partial charge in [0.25, 0.3) is 0 Å². The monoisotopic (exact) mass is 230 g/mol. The molecule has 0 fully saturated rings. The van der Waals surface area contributed by atoms with E-state index in [1.165, 1.54) is 6.92 Å². The van der Waals surface area contributed by atoms with Crippen molar-refractivity contribution in [1.82, 2.24) is 0 Å². The third-order valence-electron chi connectivity index (χ3n) is 2.51. The van der Waals surface area contributed by atoms with Crippen molar-refractivity contribution < 1.29 is 19.1 Å². The van der Waals surface area contributed by atoms with Gasteiger partial charge in [-0.15, -0.1) is 0 Å². The smallest absolute Gasteiger partial charge is 0.327 e. The molecule has 0 aromatic rings. The summed E-state index contributed by atoms with van der Waals surface area (Å²) in [4.78, 5) is 33.5.